The van der Waals surface area contributed by atoms with E-state index in [0.717, 1.165) is 17.0 Å². The zero-order valence-electron chi connectivity index (χ0n) is 15.0. The first kappa shape index (κ1) is 21.2. The molecule has 1 rings (SSSR count). The van der Waals surface area contributed by atoms with Crippen molar-refractivity contribution in [2.45, 2.75) is 39.5 Å². The highest BCUT2D eigenvalue weighted by molar-refractivity contribution is 5.88. The summed E-state index contributed by atoms with van der Waals surface area (Å²) in [5.41, 5.74) is 4.01. The average Bonchev–Trinajstić information content (AvgIpc) is 2.50. The minimum Gasteiger partial charge on any atom is -0.443 e. The number of hydrogen-bond acceptors (Lipinski definition) is 5. The molecule has 26 heavy (non-hydrogen) atoms. The summed E-state index contributed by atoms with van der Waals surface area (Å²) in [6.45, 7) is 6.15. The highest BCUT2D eigenvalue weighted by Gasteiger charge is 2.25. The first-order chi connectivity index (χ1) is 11.9. The van der Waals surface area contributed by atoms with Crippen molar-refractivity contribution in [3.05, 3.63) is 35.3 Å². The number of ether oxygens (including phenoxy) is 1. The Hall–Kier alpha value is -2.84. The van der Waals surface area contributed by atoms with E-state index in [2.05, 4.69) is 4.98 Å². The van der Waals surface area contributed by atoms with Gasteiger partial charge < -0.3 is 10.5 Å². The van der Waals surface area contributed by atoms with E-state index >= 15 is 0 Å². The summed E-state index contributed by atoms with van der Waals surface area (Å²) < 4.78 is 32.5. The van der Waals surface area contributed by atoms with Crippen molar-refractivity contribution in [3.8, 4) is 0 Å². The summed E-state index contributed by atoms with van der Waals surface area (Å²) in [6, 6.07) is 2.41. The lowest BCUT2D eigenvalue weighted by atomic mass is 10.2. The third-order valence-corrected chi connectivity index (χ3v) is 2.99. The number of primary amides is 1. The number of nitrogens with two attached hydrogens (primary N) is 1. The maximum atomic E-state index is 13.8. The van der Waals surface area contributed by atoms with Crippen LogP contribution in [0.4, 0.5) is 19.4 Å². The van der Waals surface area contributed by atoms with Gasteiger partial charge in [0, 0.05) is 0 Å². The number of carbonyl (C=O) groups excluding carboxylic acids is 3. The Morgan fingerprint density at radius 3 is 2.46 bits per heavy atom. The van der Waals surface area contributed by atoms with E-state index in [0.29, 0.717) is 0 Å². The van der Waals surface area contributed by atoms with E-state index < -0.39 is 29.7 Å². The molecule has 2 amide bonds. The maximum absolute atomic E-state index is 13.8. The van der Waals surface area contributed by atoms with Gasteiger partial charge in [-0.05, 0) is 45.9 Å². The van der Waals surface area contributed by atoms with E-state index in [-0.39, 0.29) is 29.8 Å². The lowest BCUT2D eigenvalue weighted by molar-refractivity contribution is -0.121. The number of nitrogens with zero attached hydrogens (tertiary/aromatic N) is 2. The van der Waals surface area contributed by atoms with E-state index in [1.165, 1.54) is 13.0 Å². The van der Waals surface area contributed by atoms with Gasteiger partial charge in [-0.1, -0.05) is 5.57 Å². The fourth-order valence-corrected chi connectivity index (χ4v) is 1.86. The molecule has 7 nitrogen and oxygen atoms in total. The van der Waals surface area contributed by atoms with Gasteiger partial charge in [0.05, 0.1) is 12.1 Å². The van der Waals surface area contributed by atoms with Crippen molar-refractivity contribution < 1.29 is 27.9 Å². The molecule has 0 fully saturated rings. The second-order valence-corrected chi connectivity index (χ2v) is 6.55. The number of aldehydes is 1. The molecular formula is C17H21F2N3O4. The van der Waals surface area contributed by atoms with Crippen LogP contribution in [0, 0.1) is 5.95 Å². The predicted octanol–water partition coefficient (Wildman–Crippen LogP) is 2.54. The van der Waals surface area contributed by atoms with Gasteiger partial charge >= 0.3 is 6.09 Å². The molecular weight excluding hydrogens is 348 g/mol. The van der Waals surface area contributed by atoms with Crippen molar-refractivity contribution in [1.29, 1.82) is 0 Å². The molecule has 0 aliphatic rings. The summed E-state index contributed by atoms with van der Waals surface area (Å²) in [4.78, 5) is 38.5. The van der Waals surface area contributed by atoms with Crippen LogP contribution in [0.2, 0.25) is 0 Å². The van der Waals surface area contributed by atoms with Gasteiger partial charge in [0.2, 0.25) is 5.95 Å². The average molecular weight is 369 g/mol. The molecule has 0 aromatic carbocycles. The third kappa shape index (κ3) is 6.23. The van der Waals surface area contributed by atoms with Crippen molar-refractivity contribution >= 4 is 24.1 Å². The molecule has 1 atom stereocenters. The van der Waals surface area contributed by atoms with Crippen LogP contribution in [0.1, 0.15) is 38.1 Å². The number of hydrogen-bond donors (Lipinski definition) is 1. The van der Waals surface area contributed by atoms with Crippen LogP contribution >= 0.6 is 0 Å². The summed E-state index contributed by atoms with van der Waals surface area (Å²) in [7, 11) is 0. The van der Waals surface area contributed by atoms with Gasteiger partial charge in [0.25, 0.3) is 5.91 Å². The molecule has 0 aliphatic heterocycles. The van der Waals surface area contributed by atoms with E-state index in [1.54, 1.807) is 20.8 Å². The number of halogens is 2. The fourth-order valence-electron chi connectivity index (χ4n) is 1.86. The van der Waals surface area contributed by atoms with Crippen molar-refractivity contribution in [2.75, 3.05) is 11.4 Å². The number of amides is 2. The molecule has 1 unspecified atom stereocenters. The maximum Gasteiger partial charge on any atom is 0.416 e. The van der Waals surface area contributed by atoms with Gasteiger partial charge in [-0.15, -0.1) is 0 Å². The molecule has 2 N–H and O–H groups in total. The lowest BCUT2D eigenvalue weighted by Crippen LogP contribution is -2.38. The van der Waals surface area contributed by atoms with Crippen LogP contribution in [0.3, 0.4) is 0 Å². The highest BCUT2D eigenvalue weighted by Crippen LogP contribution is 2.19. The summed E-state index contributed by atoms with van der Waals surface area (Å²) in [5, 5.41) is 0. The standard InChI is InChI=1S/C17H21F2N3O4/c1-10(7-12(18)15(20)24)8-22(16(25)26-17(2,3)4)13-6-5-11(9-23)14(19)21-13/h5-7,9,12H,8H2,1-4H3,(H2,20,24)/b10-7+. The molecule has 0 aliphatic carbocycles. The highest BCUT2D eigenvalue weighted by atomic mass is 19.1. The minimum atomic E-state index is -2.03. The molecule has 1 aromatic rings. The molecule has 142 valence electrons. The third-order valence-electron chi connectivity index (χ3n) is 2.99. The normalized spacial score (nSPS) is 13.1. The van der Waals surface area contributed by atoms with Gasteiger partial charge in [0.1, 0.15) is 11.4 Å². The fraction of sp³-hybridized carbons (Fsp3) is 0.412. The zero-order valence-corrected chi connectivity index (χ0v) is 15.0. The second-order valence-electron chi connectivity index (χ2n) is 6.55. The summed E-state index contributed by atoms with van der Waals surface area (Å²) in [6.07, 6.45) is -1.66. The number of carbonyl (C=O) groups is 3. The molecule has 0 bridgehead atoms. The molecule has 0 radical (unpaired) electrons. The monoisotopic (exact) mass is 369 g/mol. The predicted molar refractivity (Wildman–Crippen MR) is 91.0 cm³/mol. The van der Waals surface area contributed by atoms with Crippen LogP contribution in [-0.2, 0) is 9.53 Å². The lowest BCUT2D eigenvalue weighted by Gasteiger charge is -2.27. The van der Waals surface area contributed by atoms with E-state index in [1.807, 2.05) is 0 Å². The first-order valence-corrected chi connectivity index (χ1v) is 7.67. The van der Waals surface area contributed by atoms with E-state index in [4.69, 9.17) is 10.5 Å². The van der Waals surface area contributed by atoms with E-state index in [9.17, 15) is 23.2 Å². The first-order valence-electron chi connectivity index (χ1n) is 7.67. The summed E-state index contributed by atoms with van der Waals surface area (Å²) in [5.74, 6) is -2.37. The second kappa shape index (κ2) is 8.50. The number of rotatable bonds is 6. The molecule has 9 heteroatoms. The number of alkyl halides is 1. The molecule has 1 heterocycles. The van der Waals surface area contributed by atoms with Gasteiger partial charge in [-0.3, -0.25) is 14.5 Å². The van der Waals surface area contributed by atoms with Crippen molar-refractivity contribution in [2.24, 2.45) is 5.73 Å². The Kier molecular flexibility index (Phi) is 6.93. The van der Waals surface area contributed by atoms with Crippen molar-refractivity contribution in [3.63, 3.8) is 0 Å². The SMILES string of the molecule is C/C(=C\C(F)C(N)=O)CN(C(=O)OC(C)(C)C)c1ccc(C=O)c(F)n1. The Labute approximate surface area is 149 Å². The van der Waals surface area contributed by atoms with Crippen molar-refractivity contribution in [1.82, 2.24) is 4.98 Å². The van der Waals surface area contributed by atoms with Gasteiger partial charge in [0.15, 0.2) is 12.5 Å². The number of pyridine rings is 1. The van der Waals surface area contributed by atoms with Gasteiger partial charge in [-0.25, -0.2) is 14.2 Å². The Morgan fingerprint density at radius 1 is 1.38 bits per heavy atom. The van der Waals surface area contributed by atoms with Gasteiger partial charge in [-0.2, -0.15) is 4.39 Å². The number of aromatic nitrogens is 1. The summed E-state index contributed by atoms with van der Waals surface area (Å²) >= 11 is 0. The van der Waals surface area contributed by atoms with Crippen LogP contribution < -0.4 is 10.6 Å². The Balaban J connectivity index is 3.22. The molecule has 0 saturated carbocycles. The largest absolute Gasteiger partial charge is 0.443 e. The molecule has 0 saturated heterocycles. The topological polar surface area (TPSA) is 103 Å². The van der Waals surface area contributed by atoms with Crippen LogP contribution in [0.5, 0.6) is 0 Å². The molecule has 1 aromatic heterocycles. The Morgan fingerprint density at radius 2 is 2.00 bits per heavy atom. The zero-order chi connectivity index (χ0) is 20.1. The number of anilines is 1. The van der Waals surface area contributed by atoms with Crippen LogP contribution in [-0.4, -0.2) is 41.6 Å². The quantitative estimate of drug-likeness (QED) is 0.472. The minimum absolute atomic E-state index is 0.135. The van der Waals surface area contributed by atoms with Crippen LogP contribution in [0.25, 0.3) is 0 Å². The molecule has 0 spiro atoms. The van der Waals surface area contributed by atoms with Crippen LogP contribution in [0.15, 0.2) is 23.8 Å². The smallest absolute Gasteiger partial charge is 0.416 e. The Bertz CT molecular complexity index is 729.